The van der Waals surface area contributed by atoms with Crippen LogP contribution in [0.25, 0.3) is 0 Å². The molecular formula is C28H49NO. The van der Waals surface area contributed by atoms with E-state index < -0.39 is 0 Å². The second-order valence-electron chi connectivity index (χ2n) is 9.47. The molecule has 1 aliphatic carbocycles. The molecule has 0 saturated heterocycles. The lowest BCUT2D eigenvalue weighted by molar-refractivity contribution is 0.191. The predicted octanol–water partition coefficient (Wildman–Crippen LogP) is 8.06. The average Bonchev–Trinajstić information content (AvgIpc) is 2.73. The largest absolute Gasteiger partial charge is 0.499 e. The second-order valence-corrected chi connectivity index (χ2v) is 9.47. The summed E-state index contributed by atoms with van der Waals surface area (Å²) in [4.78, 5) is 0. The van der Waals surface area contributed by atoms with E-state index in [2.05, 4.69) is 84.1 Å². The molecule has 2 atom stereocenters. The second kappa shape index (κ2) is 15.5. The van der Waals surface area contributed by atoms with Crippen LogP contribution >= 0.6 is 0 Å². The summed E-state index contributed by atoms with van der Waals surface area (Å²) < 4.78 is 5.83. The molecule has 0 heterocycles. The Labute approximate surface area is 187 Å². The summed E-state index contributed by atoms with van der Waals surface area (Å²) >= 11 is 0. The average molecular weight is 416 g/mol. The van der Waals surface area contributed by atoms with Gasteiger partial charge in [0.05, 0.1) is 12.4 Å². The lowest BCUT2D eigenvalue weighted by Crippen LogP contribution is -2.18. The molecule has 172 valence electrons. The van der Waals surface area contributed by atoms with Crippen LogP contribution in [0.1, 0.15) is 110 Å². The molecular weight excluding hydrogens is 366 g/mol. The topological polar surface area (TPSA) is 21.3 Å². The summed E-state index contributed by atoms with van der Waals surface area (Å²) in [5.41, 5.74) is 2.99. The molecule has 1 N–H and O–H groups in total. The molecule has 0 amide bonds. The van der Waals surface area contributed by atoms with Gasteiger partial charge in [-0.2, -0.15) is 0 Å². The Hall–Kier alpha value is -1.28. The van der Waals surface area contributed by atoms with Crippen molar-refractivity contribution in [2.75, 3.05) is 19.7 Å². The zero-order chi connectivity index (χ0) is 22.4. The molecule has 1 saturated carbocycles. The number of rotatable bonds is 10. The lowest BCUT2D eigenvalue weighted by Gasteiger charge is -2.30. The quantitative estimate of drug-likeness (QED) is 0.390. The van der Waals surface area contributed by atoms with Crippen LogP contribution in [0.4, 0.5) is 0 Å². The van der Waals surface area contributed by atoms with Crippen molar-refractivity contribution in [1.29, 1.82) is 0 Å². The summed E-state index contributed by atoms with van der Waals surface area (Å²) in [6, 6.07) is 9.39. The highest BCUT2D eigenvalue weighted by Gasteiger charge is 2.24. The van der Waals surface area contributed by atoms with Crippen molar-refractivity contribution < 1.29 is 4.74 Å². The van der Waals surface area contributed by atoms with Gasteiger partial charge in [0.2, 0.25) is 0 Å². The van der Waals surface area contributed by atoms with Crippen LogP contribution < -0.4 is 5.32 Å². The zero-order valence-electron chi connectivity index (χ0n) is 21.0. The van der Waals surface area contributed by atoms with Gasteiger partial charge in [-0.15, -0.1) is 0 Å². The molecule has 0 spiro atoms. The van der Waals surface area contributed by atoms with Gasteiger partial charge in [0.1, 0.15) is 0 Å². The van der Waals surface area contributed by atoms with E-state index in [0.717, 1.165) is 50.3 Å². The minimum absolute atomic E-state index is 0.621. The first-order valence-corrected chi connectivity index (χ1v) is 12.5. The summed E-state index contributed by atoms with van der Waals surface area (Å²) in [5.74, 6) is 4.15. The van der Waals surface area contributed by atoms with E-state index in [9.17, 15) is 0 Å². The zero-order valence-corrected chi connectivity index (χ0v) is 21.0. The van der Waals surface area contributed by atoms with Gasteiger partial charge in [-0.05, 0) is 86.6 Å². The van der Waals surface area contributed by atoms with E-state index >= 15 is 0 Å². The molecule has 2 unspecified atom stereocenters. The van der Waals surface area contributed by atoms with Gasteiger partial charge < -0.3 is 10.1 Å². The maximum atomic E-state index is 5.83. The molecule has 0 aliphatic heterocycles. The Bertz CT molecular complexity index is 573. The molecule has 30 heavy (non-hydrogen) atoms. The third kappa shape index (κ3) is 10.7. The van der Waals surface area contributed by atoms with E-state index in [1.165, 1.54) is 42.6 Å². The molecule has 1 aromatic carbocycles. The highest BCUT2D eigenvalue weighted by atomic mass is 16.5. The van der Waals surface area contributed by atoms with Gasteiger partial charge in [0.25, 0.3) is 0 Å². The Morgan fingerprint density at radius 1 is 1.07 bits per heavy atom. The SMILES string of the molecule is CC/C=C(\CC1CCCC(c2ccc(C(C)C)cc2)C1)OCC.CCNCC(C)C. The van der Waals surface area contributed by atoms with Crippen molar-refractivity contribution in [2.45, 2.75) is 98.8 Å². The Kier molecular flexibility index (Phi) is 13.8. The van der Waals surface area contributed by atoms with Crippen molar-refractivity contribution in [3.63, 3.8) is 0 Å². The summed E-state index contributed by atoms with van der Waals surface area (Å²) in [6.45, 7) is 18.4. The molecule has 2 nitrogen and oxygen atoms in total. The van der Waals surface area contributed by atoms with Crippen molar-refractivity contribution in [1.82, 2.24) is 5.32 Å². The van der Waals surface area contributed by atoms with Gasteiger partial charge in [0.15, 0.2) is 0 Å². The molecule has 1 aromatic rings. The highest BCUT2D eigenvalue weighted by molar-refractivity contribution is 5.27. The Morgan fingerprint density at radius 2 is 1.77 bits per heavy atom. The fourth-order valence-corrected chi connectivity index (χ4v) is 4.26. The molecule has 2 heteroatoms. The van der Waals surface area contributed by atoms with Crippen LogP contribution in [0, 0.1) is 11.8 Å². The lowest BCUT2D eigenvalue weighted by atomic mass is 9.76. The van der Waals surface area contributed by atoms with Crippen molar-refractivity contribution in [2.24, 2.45) is 11.8 Å². The third-order valence-corrected chi connectivity index (χ3v) is 5.91. The summed E-state index contributed by atoms with van der Waals surface area (Å²) in [6.07, 6.45) is 9.84. The molecule has 0 bridgehead atoms. The van der Waals surface area contributed by atoms with Crippen LogP contribution in [0.5, 0.6) is 0 Å². The van der Waals surface area contributed by atoms with Gasteiger partial charge >= 0.3 is 0 Å². The van der Waals surface area contributed by atoms with E-state index in [1.807, 2.05) is 0 Å². The standard InChI is InChI=1S/C22H34O.C6H15N/c1-5-8-22(23-6-2)16-18-9-7-10-21(15-18)20-13-11-19(12-14-20)17(3)4;1-4-7-5-6(2)3/h8,11-14,17-18,21H,5-7,9-10,15-16H2,1-4H3;6-7H,4-5H2,1-3H3/b22-8+;. The Morgan fingerprint density at radius 3 is 2.27 bits per heavy atom. The first-order chi connectivity index (χ1) is 14.4. The smallest absolute Gasteiger partial charge is 0.0922 e. The number of allylic oxidation sites excluding steroid dienone is 2. The third-order valence-electron chi connectivity index (χ3n) is 5.91. The molecule has 1 fully saturated rings. The van der Waals surface area contributed by atoms with Crippen molar-refractivity contribution in [3.8, 4) is 0 Å². The maximum Gasteiger partial charge on any atom is 0.0922 e. The van der Waals surface area contributed by atoms with Crippen LogP contribution in [-0.4, -0.2) is 19.7 Å². The van der Waals surface area contributed by atoms with Gasteiger partial charge in [0, 0.05) is 6.42 Å². The molecule has 0 aromatic heterocycles. The minimum Gasteiger partial charge on any atom is -0.499 e. The van der Waals surface area contributed by atoms with Crippen LogP contribution in [0.3, 0.4) is 0 Å². The van der Waals surface area contributed by atoms with Crippen molar-refractivity contribution >= 4 is 0 Å². The first kappa shape index (κ1) is 26.8. The summed E-state index contributed by atoms with van der Waals surface area (Å²) in [7, 11) is 0. The number of hydrogen-bond donors (Lipinski definition) is 1. The van der Waals surface area contributed by atoms with Gasteiger partial charge in [-0.25, -0.2) is 0 Å². The normalized spacial score (nSPS) is 19.6. The van der Waals surface area contributed by atoms with Crippen LogP contribution in [0.15, 0.2) is 36.1 Å². The minimum atomic E-state index is 0.621. The molecule has 0 radical (unpaired) electrons. The number of ether oxygens (including phenoxy) is 1. The highest BCUT2D eigenvalue weighted by Crippen LogP contribution is 2.39. The van der Waals surface area contributed by atoms with E-state index in [4.69, 9.17) is 4.74 Å². The van der Waals surface area contributed by atoms with Crippen LogP contribution in [0.2, 0.25) is 0 Å². The van der Waals surface area contributed by atoms with Gasteiger partial charge in [-0.1, -0.05) is 72.2 Å². The van der Waals surface area contributed by atoms with Crippen molar-refractivity contribution in [3.05, 3.63) is 47.2 Å². The van der Waals surface area contributed by atoms with E-state index in [-0.39, 0.29) is 0 Å². The van der Waals surface area contributed by atoms with Crippen LogP contribution in [-0.2, 0) is 4.74 Å². The molecule has 2 rings (SSSR count). The first-order valence-electron chi connectivity index (χ1n) is 12.5. The fourth-order valence-electron chi connectivity index (χ4n) is 4.26. The summed E-state index contributed by atoms with van der Waals surface area (Å²) in [5, 5.41) is 3.25. The maximum absolute atomic E-state index is 5.83. The predicted molar refractivity (Wildman–Crippen MR) is 133 cm³/mol. The molecule has 1 aliphatic rings. The monoisotopic (exact) mass is 415 g/mol. The number of benzene rings is 1. The van der Waals surface area contributed by atoms with E-state index in [0.29, 0.717) is 5.92 Å². The fraction of sp³-hybridized carbons (Fsp3) is 0.714. The van der Waals surface area contributed by atoms with E-state index in [1.54, 1.807) is 0 Å². The van der Waals surface area contributed by atoms with Gasteiger partial charge in [-0.3, -0.25) is 0 Å². The Balaban J connectivity index is 0.000000553. The number of nitrogens with one attached hydrogen (secondary N) is 1. The number of hydrogen-bond acceptors (Lipinski definition) is 2.